The molecule has 132 valence electrons. The molecule has 0 amide bonds. The fraction of sp³-hybridized carbons (Fsp3) is 0.600. The molecule has 0 aliphatic heterocycles. The lowest BCUT2D eigenvalue weighted by Gasteiger charge is -2.08. The molecule has 0 saturated heterocycles. The summed E-state index contributed by atoms with van der Waals surface area (Å²) in [6.45, 7) is 4.72. The Morgan fingerprint density at radius 3 is 1.83 bits per heavy atom. The van der Waals surface area contributed by atoms with E-state index < -0.39 is 10.1 Å². The second-order valence-corrected chi connectivity index (χ2v) is 7.31. The molecule has 0 saturated carbocycles. The van der Waals surface area contributed by atoms with Crippen LogP contribution >= 0.6 is 22.6 Å². The molecule has 0 radical (unpaired) electrons. The van der Waals surface area contributed by atoms with Crippen molar-refractivity contribution >= 4 is 32.7 Å². The number of aryl methyl sites for hydroxylation is 1. The normalized spacial score (nSPS) is 11.7. The SMILES string of the molecule is Cc1ccc(S(=O)(=O)OCCOCCOCCOCCI)cc1. The van der Waals surface area contributed by atoms with Crippen molar-refractivity contribution in [2.45, 2.75) is 11.8 Å². The van der Waals surface area contributed by atoms with E-state index in [1.165, 1.54) is 12.1 Å². The lowest BCUT2D eigenvalue weighted by molar-refractivity contribution is 0.0124. The van der Waals surface area contributed by atoms with Crippen molar-refractivity contribution < 1.29 is 26.8 Å². The maximum atomic E-state index is 11.9. The molecule has 0 heterocycles. The molecule has 0 bridgehead atoms. The molecule has 0 aromatic heterocycles. The van der Waals surface area contributed by atoms with E-state index in [1.807, 2.05) is 6.92 Å². The average Bonchev–Trinajstić information content (AvgIpc) is 2.53. The Bertz CT molecular complexity index is 517. The number of rotatable bonds is 13. The van der Waals surface area contributed by atoms with Crippen LogP contribution in [-0.2, 0) is 28.5 Å². The maximum Gasteiger partial charge on any atom is 0.297 e. The Morgan fingerprint density at radius 2 is 1.30 bits per heavy atom. The summed E-state index contributed by atoms with van der Waals surface area (Å²) in [5.41, 5.74) is 0.993. The minimum atomic E-state index is -3.72. The zero-order chi connectivity index (χ0) is 17.0. The number of hydrogen-bond donors (Lipinski definition) is 0. The minimum absolute atomic E-state index is 0.0189. The highest BCUT2D eigenvalue weighted by atomic mass is 127. The molecule has 1 rings (SSSR count). The number of benzene rings is 1. The standard InChI is InChI=1S/C15H23IO6S/c1-14-2-4-15(5-3-14)23(17,18)22-13-12-21-11-10-20-9-8-19-7-6-16/h2-5H,6-13H2,1H3. The molecular weight excluding hydrogens is 435 g/mol. The lowest BCUT2D eigenvalue weighted by Crippen LogP contribution is -2.14. The monoisotopic (exact) mass is 458 g/mol. The van der Waals surface area contributed by atoms with E-state index in [1.54, 1.807) is 12.1 Å². The second-order valence-electron chi connectivity index (χ2n) is 4.62. The first-order valence-electron chi connectivity index (χ1n) is 7.31. The van der Waals surface area contributed by atoms with E-state index in [-0.39, 0.29) is 18.1 Å². The molecule has 0 fully saturated rings. The molecule has 8 heteroatoms. The van der Waals surface area contributed by atoms with Crippen LogP contribution in [-0.4, -0.2) is 59.1 Å². The molecule has 1 aromatic carbocycles. The topological polar surface area (TPSA) is 71.1 Å². The van der Waals surface area contributed by atoms with E-state index in [9.17, 15) is 8.42 Å². The Labute approximate surface area is 151 Å². The van der Waals surface area contributed by atoms with Crippen LogP contribution in [0.15, 0.2) is 29.2 Å². The molecule has 0 N–H and O–H groups in total. The van der Waals surface area contributed by atoms with Crippen molar-refractivity contribution in [1.29, 1.82) is 0 Å². The van der Waals surface area contributed by atoms with Crippen LogP contribution in [0.3, 0.4) is 0 Å². The molecule has 6 nitrogen and oxygen atoms in total. The van der Waals surface area contributed by atoms with Gasteiger partial charge in [-0.3, -0.25) is 4.18 Å². The lowest BCUT2D eigenvalue weighted by atomic mass is 10.2. The predicted octanol–water partition coefficient (Wildman–Crippen LogP) is 2.19. The van der Waals surface area contributed by atoms with Crippen molar-refractivity contribution in [3.05, 3.63) is 29.8 Å². The highest BCUT2D eigenvalue weighted by Crippen LogP contribution is 2.12. The van der Waals surface area contributed by atoms with Gasteiger partial charge in [0.2, 0.25) is 0 Å². The molecule has 0 aliphatic rings. The Balaban J connectivity index is 2.05. The third-order valence-electron chi connectivity index (χ3n) is 2.74. The highest BCUT2D eigenvalue weighted by Gasteiger charge is 2.14. The zero-order valence-electron chi connectivity index (χ0n) is 13.2. The van der Waals surface area contributed by atoms with Gasteiger partial charge in [-0.1, -0.05) is 40.3 Å². The first-order chi connectivity index (χ1) is 11.1. The quantitative estimate of drug-likeness (QED) is 0.195. The van der Waals surface area contributed by atoms with Crippen LogP contribution in [0.4, 0.5) is 0 Å². The van der Waals surface area contributed by atoms with Crippen LogP contribution in [0.2, 0.25) is 0 Å². The van der Waals surface area contributed by atoms with Crippen LogP contribution in [0.25, 0.3) is 0 Å². The van der Waals surface area contributed by atoms with Crippen molar-refractivity contribution in [1.82, 2.24) is 0 Å². The van der Waals surface area contributed by atoms with E-state index in [4.69, 9.17) is 18.4 Å². The summed E-state index contributed by atoms with van der Waals surface area (Å²) < 4.78 is 45.5. The fourth-order valence-electron chi connectivity index (χ4n) is 1.57. The van der Waals surface area contributed by atoms with Gasteiger partial charge in [-0.15, -0.1) is 0 Å². The third-order valence-corrected chi connectivity index (χ3v) is 4.51. The van der Waals surface area contributed by atoms with Crippen LogP contribution in [0.5, 0.6) is 0 Å². The van der Waals surface area contributed by atoms with Gasteiger partial charge in [-0.05, 0) is 19.1 Å². The van der Waals surface area contributed by atoms with E-state index in [0.29, 0.717) is 26.4 Å². The molecule has 0 atom stereocenters. The highest BCUT2D eigenvalue weighted by molar-refractivity contribution is 14.1. The van der Waals surface area contributed by atoms with Crippen LogP contribution < -0.4 is 0 Å². The first-order valence-corrected chi connectivity index (χ1v) is 10.2. The predicted molar refractivity (Wildman–Crippen MR) is 95.7 cm³/mol. The van der Waals surface area contributed by atoms with E-state index in [0.717, 1.165) is 16.6 Å². The third kappa shape index (κ3) is 9.58. The zero-order valence-corrected chi connectivity index (χ0v) is 16.2. The summed E-state index contributed by atoms with van der Waals surface area (Å²) in [5.74, 6) is 0. The van der Waals surface area contributed by atoms with Gasteiger partial charge in [-0.2, -0.15) is 8.42 Å². The minimum Gasteiger partial charge on any atom is -0.378 e. The van der Waals surface area contributed by atoms with E-state index >= 15 is 0 Å². The number of alkyl halides is 1. The molecule has 0 spiro atoms. The fourth-order valence-corrected chi connectivity index (χ4v) is 2.78. The Kier molecular flexibility index (Phi) is 11.0. The van der Waals surface area contributed by atoms with Gasteiger partial charge in [0.05, 0.1) is 51.1 Å². The van der Waals surface area contributed by atoms with Gasteiger partial charge in [0.1, 0.15) is 0 Å². The Hall–Kier alpha value is -0.260. The van der Waals surface area contributed by atoms with Crippen molar-refractivity contribution in [3.8, 4) is 0 Å². The maximum absolute atomic E-state index is 11.9. The molecule has 23 heavy (non-hydrogen) atoms. The largest absolute Gasteiger partial charge is 0.378 e. The number of hydrogen-bond acceptors (Lipinski definition) is 6. The second kappa shape index (κ2) is 12.2. The number of halogens is 1. The van der Waals surface area contributed by atoms with Crippen molar-refractivity contribution in [2.75, 3.05) is 50.7 Å². The van der Waals surface area contributed by atoms with Gasteiger partial charge >= 0.3 is 0 Å². The molecular formula is C15H23IO6S. The van der Waals surface area contributed by atoms with E-state index in [2.05, 4.69) is 22.6 Å². The summed E-state index contributed by atoms with van der Waals surface area (Å²) in [6, 6.07) is 6.51. The Morgan fingerprint density at radius 1 is 0.826 bits per heavy atom. The first kappa shape index (κ1) is 20.8. The van der Waals surface area contributed by atoms with Gasteiger partial charge in [0.25, 0.3) is 10.1 Å². The smallest absolute Gasteiger partial charge is 0.297 e. The van der Waals surface area contributed by atoms with Crippen LogP contribution in [0, 0.1) is 6.92 Å². The van der Waals surface area contributed by atoms with Gasteiger partial charge in [0, 0.05) is 4.43 Å². The van der Waals surface area contributed by atoms with Gasteiger partial charge < -0.3 is 14.2 Å². The summed E-state index contributed by atoms with van der Waals surface area (Å²) in [4.78, 5) is 0.151. The van der Waals surface area contributed by atoms with Gasteiger partial charge in [-0.25, -0.2) is 0 Å². The average molecular weight is 458 g/mol. The summed E-state index contributed by atoms with van der Waals surface area (Å²) in [5, 5.41) is 0. The van der Waals surface area contributed by atoms with Gasteiger partial charge in [0.15, 0.2) is 0 Å². The van der Waals surface area contributed by atoms with Crippen LogP contribution in [0.1, 0.15) is 5.56 Å². The molecule has 1 aromatic rings. The van der Waals surface area contributed by atoms with Crippen molar-refractivity contribution in [3.63, 3.8) is 0 Å². The molecule has 0 unspecified atom stereocenters. The summed E-state index contributed by atoms with van der Waals surface area (Å²) >= 11 is 2.24. The number of ether oxygens (including phenoxy) is 3. The molecule has 0 aliphatic carbocycles. The summed E-state index contributed by atoms with van der Waals surface area (Å²) in [6.07, 6.45) is 0. The van der Waals surface area contributed by atoms with Crippen molar-refractivity contribution in [2.24, 2.45) is 0 Å². The summed E-state index contributed by atoms with van der Waals surface area (Å²) in [7, 11) is -3.72.